The molecular formula is C11H7BrN2O. The first-order valence-electron chi connectivity index (χ1n) is 4.54. The first-order valence-corrected chi connectivity index (χ1v) is 5.33. The lowest BCUT2D eigenvalue weighted by atomic mass is 10.1. The van der Waals surface area contributed by atoms with Gasteiger partial charge in [-0.15, -0.1) is 0 Å². The van der Waals surface area contributed by atoms with Crippen LogP contribution in [0.15, 0.2) is 30.6 Å². The van der Waals surface area contributed by atoms with Gasteiger partial charge in [-0.1, -0.05) is 6.07 Å². The van der Waals surface area contributed by atoms with Gasteiger partial charge in [0.1, 0.15) is 0 Å². The van der Waals surface area contributed by atoms with Crippen molar-refractivity contribution in [2.45, 2.75) is 0 Å². The second-order valence-corrected chi connectivity index (χ2v) is 4.25. The van der Waals surface area contributed by atoms with Crippen molar-refractivity contribution in [1.82, 2.24) is 10.3 Å². The van der Waals surface area contributed by atoms with Crippen molar-refractivity contribution >= 4 is 37.2 Å². The van der Waals surface area contributed by atoms with Crippen molar-refractivity contribution in [3.8, 4) is 0 Å². The smallest absolute Gasteiger partial charge is 0.255 e. The summed E-state index contributed by atoms with van der Waals surface area (Å²) in [5, 5.41) is 3.69. The Morgan fingerprint density at radius 3 is 2.93 bits per heavy atom. The lowest BCUT2D eigenvalue weighted by Crippen LogP contribution is -2.16. The molecule has 3 rings (SSSR count). The Morgan fingerprint density at radius 2 is 2.07 bits per heavy atom. The van der Waals surface area contributed by atoms with E-state index in [1.165, 1.54) is 0 Å². The van der Waals surface area contributed by atoms with E-state index in [9.17, 15) is 4.79 Å². The van der Waals surface area contributed by atoms with Crippen molar-refractivity contribution < 1.29 is 4.79 Å². The van der Waals surface area contributed by atoms with Gasteiger partial charge in [-0.05, 0) is 28.1 Å². The van der Waals surface area contributed by atoms with Crippen molar-refractivity contribution in [3.05, 3.63) is 41.7 Å². The fraction of sp³-hybridized carbons (Fsp3) is 0. The minimum Gasteiger partial charge on any atom is -0.361 e. The lowest BCUT2D eigenvalue weighted by Gasteiger charge is -1.99. The largest absolute Gasteiger partial charge is 0.361 e. The van der Waals surface area contributed by atoms with E-state index in [1.54, 1.807) is 6.20 Å². The molecule has 1 aromatic heterocycles. The molecule has 0 saturated carbocycles. The molecule has 1 aliphatic heterocycles. The van der Waals surface area contributed by atoms with Gasteiger partial charge in [-0.25, -0.2) is 0 Å². The molecule has 4 heteroatoms. The minimum absolute atomic E-state index is 0.0732. The molecule has 0 unspecified atom stereocenters. The number of carbonyl (C=O) groups excluding carboxylic acids is 1. The van der Waals surface area contributed by atoms with Crippen molar-refractivity contribution in [2.24, 2.45) is 0 Å². The first-order chi connectivity index (χ1) is 7.27. The zero-order valence-electron chi connectivity index (χ0n) is 7.67. The van der Waals surface area contributed by atoms with Gasteiger partial charge in [0.25, 0.3) is 5.91 Å². The van der Waals surface area contributed by atoms with Crippen LogP contribution in [0.1, 0.15) is 15.9 Å². The number of carbonyl (C=O) groups is 1. The molecule has 1 aromatic carbocycles. The number of aromatic amines is 1. The summed E-state index contributed by atoms with van der Waals surface area (Å²) in [6, 6.07) is 5.66. The van der Waals surface area contributed by atoms with E-state index in [-0.39, 0.29) is 5.91 Å². The van der Waals surface area contributed by atoms with Crippen LogP contribution >= 0.6 is 15.9 Å². The van der Waals surface area contributed by atoms with Gasteiger partial charge in [-0.2, -0.15) is 0 Å². The Labute approximate surface area is 94.3 Å². The highest BCUT2D eigenvalue weighted by Gasteiger charge is 2.18. The number of aromatic nitrogens is 1. The van der Waals surface area contributed by atoms with E-state index in [1.807, 2.05) is 24.4 Å². The van der Waals surface area contributed by atoms with Crippen LogP contribution in [0.3, 0.4) is 0 Å². The third-order valence-corrected chi connectivity index (χ3v) is 3.19. The van der Waals surface area contributed by atoms with Gasteiger partial charge >= 0.3 is 0 Å². The van der Waals surface area contributed by atoms with Gasteiger partial charge in [0.15, 0.2) is 0 Å². The second-order valence-electron chi connectivity index (χ2n) is 3.40. The number of nitrogens with one attached hydrogen (secondary N) is 2. The number of benzene rings is 1. The second kappa shape index (κ2) is 2.97. The molecule has 0 spiro atoms. The molecule has 0 aliphatic carbocycles. The fourth-order valence-electron chi connectivity index (χ4n) is 1.85. The van der Waals surface area contributed by atoms with Gasteiger partial charge in [0.05, 0.1) is 0 Å². The molecule has 0 saturated heterocycles. The number of hydrogen-bond donors (Lipinski definition) is 2. The van der Waals surface area contributed by atoms with Crippen molar-refractivity contribution in [3.63, 3.8) is 0 Å². The molecule has 1 amide bonds. The van der Waals surface area contributed by atoms with Crippen LogP contribution in [0, 0.1) is 0 Å². The highest BCUT2D eigenvalue weighted by atomic mass is 79.9. The summed E-state index contributed by atoms with van der Waals surface area (Å²) in [6.45, 7) is 0. The molecule has 74 valence electrons. The maximum atomic E-state index is 11.7. The monoisotopic (exact) mass is 262 g/mol. The van der Waals surface area contributed by atoms with E-state index in [0.29, 0.717) is 5.56 Å². The van der Waals surface area contributed by atoms with Gasteiger partial charge in [0, 0.05) is 38.9 Å². The topological polar surface area (TPSA) is 44.9 Å². The maximum Gasteiger partial charge on any atom is 0.255 e. The summed E-state index contributed by atoms with van der Waals surface area (Å²) in [4.78, 5) is 14.9. The Kier molecular flexibility index (Phi) is 1.73. The number of rotatable bonds is 0. The molecular weight excluding hydrogens is 256 g/mol. The zero-order chi connectivity index (χ0) is 10.4. The SMILES string of the molecule is O=C1NC=C(Br)c2c[nH]c3cccc1c23. The summed E-state index contributed by atoms with van der Waals surface area (Å²) < 4.78 is 0.882. The van der Waals surface area contributed by atoms with E-state index < -0.39 is 0 Å². The van der Waals surface area contributed by atoms with Crippen molar-refractivity contribution in [1.29, 1.82) is 0 Å². The Hall–Kier alpha value is -1.55. The number of H-pyrrole nitrogens is 1. The predicted molar refractivity (Wildman–Crippen MR) is 62.7 cm³/mol. The maximum absolute atomic E-state index is 11.7. The standard InChI is InChI=1S/C11H7BrN2O/c12-8-5-14-11(15)6-2-1-3-9-10(6)7(8)4-13-9/h1-5,13H,(H,14,15). The number of hydrogen-bond acceptors (Lipinski definition) is 1. The molecule has 0 radical (unpaired) electrons. The van der Waals surface area contributed by atoms with Crippen LogP contribution in [0.25, 0.3) is 15.4 Å². The fourth-order valence-corrected chi connectivity index (χ4v) is 2.27. The molecule has 15 heavy (non-hydrogen) atoms. The molecule has 3 nitrogen and oxygen atoms in total. The van der Waals surface area contributed by atoms with Crippen LogP contribution in [-0.4, -0.2) is 10.9 Å². The third-order valence-electron chi connectivity index (χ3n) is 2.54. The average Bonchev–Trinajstić information content (AvgIpc) is 2.63. The Bertz CT molecular complexity index is 598. The van der Waals surface area contributed by atoms with Crippen LogP contribution in [0.4, 0.5) is 0 Å². The van der Waals surface area contributed by atoms with E-state index >= 15 is 0 Å². The van der Waals surface area contributed by atoms with E-state index in [0.717, 1.165) is 20.9 Å². The molecule has 2 heterocycles. The zero-order valence-corrected chi connectivity index (χ0v) is 9.26. The Balaban J connectivity index is 2.51. The normalized spacial score (nSPS) is 14.7. The molecule has 0 atom stereocenters. The van der Waals surface area contributed by atoms with Crippen LogP contribution in [0.2, 0.25) is 0 Å². The number of halogens is 1. The van der Waals surface area contributed by atoms with Gasteiger partial charge in [-0.3, -0.25) is 4.79 Å². The van der Waals surface area contributed by atoms with Gasteiger partial charge < -0.3 is 10.3 Å². The summed E-state index contributed by atoms with van der Waals surface area (Å²) >= 11 is 3.43. The Morgan fingerprint density at radius 1 is 1.20 bits per heavy atom. The molecule has 1 aliphatic rings. The van der Waals surface area contributed by atoms with Gasteiger partial charge in [0.2, 0.25) is 0 Å². The highest BCUT2D eigenvalue weighted by Crippen LogP contribution is 2.32. The van der Waals surface area contributed by atoms with Crippen molar-refractivity contribution in [2.75, 3.05) is 0 Å². The summed E-state index contributed by atoms with van der Waals surface area (Å²) in [7, 11) is 0. The first kappa shape index (κ1) is 8.73. The number of amides is 1. The average molecular weight is 263 g/mol. The molecule has 0 bridgehead atoms. The lowest BCUT2D eigenvalue weighted by molar-refractivity contribution is 0.0972. The minimum atomic E-state index is -0.0732. The molecule has 2 N–H and O–H groups in total. The van der Waals surface area contributed by atoms with Crippen LogP contribution in [0.5, 0.6) is 0 Å². The molecule has 2 aromatic rings. The quantitative estimate of drug-likeness (QED) is 0.753. The van der Waals surface area contributed by atoms with Crippen LogP contribution in [-0.2, 0) is 0 Å². The third kappa shape index (κ3) is 1.15. The molecule has 0 fully saturated rings. The van der Waals surface area contributed by atoms with Crippen LogP contribution < -0.4 is 5.32 Å². The van der Waals surface area contributed by atoms with E-state index in [4.69, 9.17) is 0 Å². The highest BCUT2D eigenvalue weighted by molar-refractivity contribution is 9.15. The summed E-state index contributed by atoms with van der Waals surface area (Å²) in [5.74, 6) is -0.0732. The summed E-state index contributed by atoms with van der Waals surface area (Å²) in [6.07, 6.45) is 3.57. The predicted octanol–water partition coefficient (Wildman–Crippen LogP) is 2.60. The van der Waals surface area contributed by atoms with E-state index in [2.05, 4.69) is 26.2 Å². The summed E-state index contributed by atoms with van der Waals surface area (Å²) in [5.41, 5.74) is 2.69.